The Labute approximate surface area is 183 Å². The molecule has 0 unspecified atom stereocenters. The molecule has 0 fully saturated rings. The van der Waals surface area contributed by atoms with E-state index in [0.29, 0.717) is 33.7 Å². The Kier molecular flexibility index (Phi) is 7.43. The lowest BCUT2D eigenvalue weighted by Gasteiger charge is -2.09. The summed E-state index contributed by atoms with van der Waals surface area (Å²) in [6.45, 7) is 0.345. The van der Waals surface area contributed by atoms with E-state index in [1.54, 1.807) is 48.5 Å². The van der Waals surface area contributed by atoms with Gasteiger partial charge in [0.25, 0.3) is 0 Å². The highest BCUT2D eigenvalue weighted by Crippen LogP contribution is 2.18. The zero-order chi connectivity index (χ0) is 21.3. The number of nitrogens with one attached hydrogen (secondary N) is 2. The largest absolute Gasteiger partial charge is 0.488 e. The fraction of sp³-hybridized carbons (Fsp3) is 0.0455. The van der Waals surface area contributed by atoms with E-state index in [-0.39, 0.29) is 0 Å². The van der Waals surface area contributed by atoms with Gasteiger partial charge in [-0.2, -0.15) is 5.10 Å². The smallest absolute Gasteiger partial charge is 0.329 e. The summed E-state index contributed by atoms with van der Waals surface area (Å²) in [7, 11) is 0. The van der Waals surface area contributed by atoms with Crippen LogP contribution in [-0.4, -0.2) is 18.0 Å². The number of halogens is 2. The second-order valence-electron chi connectivity index (χ2n) is 6.11. The summed E-state index contributed by atoms with van der Waals surface area (Å²) in [6, 6.07) is 20.9. The number of anilines is 1. The van der Waals surface area contributed by atoms with Gasteiger partial charge in [-0.1, -0.05) is 47.5 Å². The zero-order valence-electron chi connectivity index (χ0n) is 15.6. The molecule has 0 aromatic heterocycles. The van der Waals surface area contributed by atoms with Crippen molar-refractivity contribution >= 4 is 46.9 Å². The van der Waals surface area contributed by atoms with E-state index < -0.39 is 11.8 Å². The molecule has 152 valence electrons. The Morgan fingerprint density at radius 3 is 2.20 bits per heavy atom. The van der Waals surface area contributed by atoms with Crippen LogP contribution >= 0.6 is 23.2 Å². The molecule has 6 nitrogen and oxygen atoms in total. The number of amides is 2. The maximum Gasteiger partial charge on any atom is 0.329 e. The normalized spacial score (nSPS) is 10.6. The van der Waals surface area contributed by atoms with Gasteiger partial charge in [0, 0.05) is 21.3 Å². The Hall–Kier alpha value is -3.35. The quantitative estimate of drug-likeness (QED) is 0.331. The predicted molar refractivity (Wildman–Crippen MR) is 118 cm³/mol. The number of nitrogens with zero attached hydrogens (tertiary/aromatic N) is 1. The molecular weight excluding hydrogens is 425 g/mol. The summed E-state index contributed by atoms with van der Waals surface area (Å²) in [5.74, 6) is -1.17. The summed E-state index contributed by atoms with van der Waals surface area (Å²) in [4.78, 5) is 23.8. The molecule has 0 bridgehead atoms. The van der Waals surface area contributed by atoms with Crippen molar-refractivity contribution in [2.45, 2.75) is 6.61 Å². The molecule has 30 heavy (non-hydrogen) atoms. The number of rotatable bonds is 6. The summed E-state index contributed by atoms with van der Waals surface area (Å²) in [5, 5.41) is 7.48. The second-order valence-corrected chi connectivity index (χ2v) is 6.99. The number of hydrogen-bond acceptors (Lipinski definition) is 4. The number of hydrogen-bond donors (Lipinski definition) is 2. The molecule has 2 amide bonds. The number of carbonyl (C=O) groups excluding carboxylic acids is 2. The van der Waals surface area contributed by atoms with Gasteiger partial charge in [-0.25, -0.2) is 5.43 Å². The van der Waals surface area contributed by atoms with Gasteiger partial charge >= 0.3 is 11.8 Å². The van der Waals surface area contributed by atoms with Crippen molar-refractivity contribution in [3.05, 3.63) is 94.0 Å². The molecule has 0 saturated carbocycles. The second kappa shape index (κ2) is 10.4. The predicted octanol–water partition coefficient (Wildman–Crippen LogP) is 4.66. The fourth-order valence-electron chi connectivity index (χ4n) is 2.39. The summed E-state index contributed by atoms with van der Waals surface area (Å²) < 4.78 is 5.82. The molecule has 0 aliphatic rings. The molecule has 0 atom stereocenters. The van der Waals surface area contributed by atoms with Gasteiger partial charge in [0.1, 0.15) is 12.4 Å². The van der Waals surface area contributed by atoms with Crippen molar-refractivity contribution < 1.29 is 14.3 Å². The third-order valence-corrected chi connectivity index (χ3v) is 4.41. The zero-order valence-corrected chi connectivity index (χ0v) is 17.2. The van der Waals surface area contributed by atoms with E-state index in [4.69, 9.17) is 27.9 Å². The van der Waals surface area contributed by atoms with Gasteiger partial charge in [-0.05, 0) is 54.1 Å². The van der Waals surface area contributed by atoms with Crippen LogP contribution in [0.1, 0.15) is 11.1 Å². The Morgan fingerprint density at radius 2 is 1.50 bits per heavy atom. The molecule has 3 aromatic carbocycles. The monoisotopic (exact) mass is 441 g/mol. The van der Waals surface area contributed by atoms with E-state index in [2.05, 4.69) is 15.8 Å². The summed E-state index contributed by atoms with van der Waals surface area (Å²) in [6.07, 6.45) is 1.41. The van der Waals surface area contributed by atoms with Gasteiger partial charge in [0.2, 0.25) is 0 Å². The lowest BCUT2D eigenvalue weighted by molar-refractivity contribution is -0.136. The average Bonchev–Trinajstić information content (AvgIpc) is 2.75. The molecular formula is C22H17Cl2N3O3. The lowest BCUT2D eigenvalue weighted by atomic mass is 10.2. The van der Waals surface area contributed by atoms with Crippen LogP contribution in [0.25, 0.3) is 0 Å². The van der Waals surface area contributed by atoms with Crippen LogP contribution in [0.4, 0.5) is 5.69 Å². The molecule has 0 aliphatic carbocycles. The minimum atomic E-state index is -0.902. The van der Waals surface area contributed by atoms with E-state index in [0.717, 1.165) is 5.56 Å². The van der Waals surface area contributed by atoms with E-state index in [1.165, 1.54) is 6.21 Å². The van der Waals surface area contributed by atoms with Gasteiger partial charge < -0.3 is 10.1 Å². The van der Waals surface area contributed by atoms with Crippen LogP contribution in [-0.2, 0) is 16.2 Å². The molecule has 0 saturated heterocycles. The number of para-hydroxylation sites is 1. The first-order valence-electron chi connectivity index (χ1n) is 8.87. The van der Waals surface area contributed by atoms with Crippen molar-refractivity contribution in [1.82, 2.24) is 5.43 Å². The van der Waals surface area contributed by atoms with Crippen LogP contribution in [0.2, 0.25) is 10.0 Å². The molecule has 0 spiro atoms. The van der Waals surface area contributed by atoms with Crippen molar-refractivity contribution in [2.24, 2.45) is 5.10 Å². The Balaban J connectivity index is 1.56. The van der Waals surface area contributed by atoms with Gasteiger partial charge in [-0.3, -0.25) is 9.59 Å². The Bertz CT molecular complexity index is 1050. The average molecular weight is 442 g/mol. The van der Waals surface area contributed by atoms with Crippen LogP contribution in [0.3, 0.4) is 0 Å². The van der Waals surface area contributed by atoms with Crippen LogP contribution in [0, 0.1) is 0 Å². The minimum Gasteiger partial charge on any atom is -0.488 e. The van der Waals surface area contributed by atoms with Gasteiger partial charge in [-0.15, -0.1) is 0 Å². The molecule has 3 rings (SSSR count). The molecule has 3 aromatic rings. The summed E-state index contributed by atoms with van der Waals surface area (Å²) in [5.41, 5.74) is 4.24. The third kappa shape index (κ3) is 6.34. The van der Waals surface area contributed by atoms with E-state index in [9.17, 15) is 9.59 Å². The first kappa shape index (κ1) is 21.4. The van der Waals surface area contributed by atoms with Crippen molar-refractivity contribution in [3.8, 4) is 5.75 Å². The van der Waals surface area contributed by atoms with Crippen molar-refractivity contribution in [2.75, 3.05) is 5.32 Å². The molecule has 0 aliphatic heterocycles. The fourth-order valence-corrected chi connectivity index (χ4v) is 2.64. The maximum absolute atomic E-state index is 11.9. The number of carbonyl (C=O) groups is 2. The van der Waals surface area contributed by atoms with E-state index in [1.807, 2.05) is 24.3 Å². The number of hydrazone groups is 1. The van der Waals surface area contributed by atoms with Crippen molar-refractivity contribution in [1.29, 1.82) is 0 Å². The standard InChI is InChI=1S/C22H17Cl2N3O3/c23-17-7-5-15(6-8-17)14-30-20-4-2-1-3-16(20)13-25-27-22(29)21(28)26-19-11-9-18(24)10-12-19/h1-13H,14H2,(H,26,28)(H,27,29)/b25-13-. The molecule has 0 radical (unpaired) electrons. The lowest BCUT2D eigenvalue weighted by Crippen LogP contribution is -2.32. The first-order chi connectivity index (χ1) is 14.5. The SMILES string of the molecule is O=C(N/N=C\c1ccccc1OCc1ccc(Cl)cc1)C(=O)Nc1ccc(Cl)cc1. The van der Waals surface area contributed by atoms with Crippen molar-refractivity contribution in [3.63, 3.8) is 0 Å². The molecule has 0 heterocycles. The van der Waals surface area contributed by atoms with E-state index >= 15 is 0 Å². The summed E-state index contributed by atoms with van der Waals surface area (Å²) >= 11 is 11.7. The van der Waals surface area contributed by atoms with Gasteiger partial charge in [0.05, 0.1) is 6.21 Å². The van der Waals surface area contributed by atoms with Crippen LogP contribution in [0.15, 0.2) is 77.9 Å². The highest BCUT2D eigenvalue weighted by molar-refractivity contribution is 6.39. The van der Waals surface area contributed by atoms with Gasteiger partial charge in [0.15, 0.2) is 0 Å². The third-order valence-electron chi connectivity index (χ3n) is 3.90. The first-order valence-corrected chi connectivity index (χ1v) is 9.63. The molecule has 2 N–H and O–H groups in total. The van der Waals surface area contributed by atoms with Crippen LogP contribution < -0.4 is 15.5 Å². The highest BCUT2D eigenvalue weighted by Gasteiger charge is 2.12. The Morgan fingerprint density at radius 1 is 0.867 bits per heavy atom. The highest BCUT2D eigenvalue weighted by atomic mass is 35.5. The number of benzene rings is 3. The minimum absolute atomic E-state index is 0.345. The molecule has 8 heteroatoms. The van der Waals surface area contributed by atoms with Crippen LogP contribution in [0.5, 0.6) is 5.75 Å². The topological polar surface area (TPSA) is 79.8 Å². The number of ether oxygens (including phenoxy) is 1. The maximum atomic E-state index is 11.9.